The van der Waals surface area contributed by atoms with Crippen LogP contribution in [0.4, 0.5) is 10.3 Å². The van der Waals surface area contributed by atoms with E-state index in [4.69, 9.17) is 10.6 Å². The van der Waals surface area contributed by atoms with Gasteiger partial charge in [-0.15, -0.1) is 0 Å². The van der Waals surface area contributed by atoms with E-state index in [0.717, 1.165) is 72.1 Å². The van der Waals surface area contributed by atoms with Gasteiger partial charge < -0.3 is 15.5 Å². The number of aromatic nitrogens is 3. The van der Waals surface area contributed by atoms with Gasteiger partial charge in [0, 0.05) is 62.7 Å². The number of pyridine rings is 1. The van der Waals surface area contributed by atoms with E-state index in [-0.39, 0.29) is 17.7 Å². The Hall–Kier alpha value is -3.43. The van der Waals surface area contributed by atoms with E-state index in [9.17, 15) is 4.39 Å². The van der Waals surface area contributed by atoms with Crippen LogP contribution in [0.25, 0.3) is 11.1 Å². The van der Waals surface area contributed by atoms with Crippen molar-refractivity contribution in [1.82, 2.24) is 24.8 Å². The molecule has 0 radical (unpaired) electrons. The van der Waals surface area contributed by atoms with Gasteiger partial charge in [-0.05, 0) is 55.6 Å². The molecule has 0 amide bonds. The highest BCUT2D eigenvalue weighted by Crippen LogP contribution is 2.38. The highest BCUT2D eigenvalue weighted by molar-refractivity contribution is 6.03. The molecule has 8 nitrogen and oxygen atoms in total. The number of nitrogens with zero attached hydrogens (tertiary/aromatic N) is 6. The lowest BCUT2D eigenvalue weighted by molar-refractivity contribution is 0.0857. The Morgan fingerprint density at radius 1 is 1.14 bits per heavy atom. The van der Waals surface area contributed by atoms with Crippen molar-refractivity contribution >= 4 is 11.7 Å². The van der Waals surface area contributed by atoms with Crippen molar-refractivity contribution in [3.63, 3.8) is 0 Å². The van der Waals surface area contributed by atoms with Gasteiger partial charge in [0.1, 0.15) is 12.4 Å². The number of hydrogen-bond acceptors (Lipinski definition) is 8. The van der Waals surface area contributed by atoms with Gasteiger partial charge in [-0.25, -0.2) is 14.4 Å². The molecular weight excluding hydrogens is 457 g/mol. The molecule has 2 aliphatic rings. The number of aryl methyl sites for hydroxylation is 1. The molecule has 2 N–H and O–H groups in total. The monoisotopic (exact) mass is 489 g/mol. The van der Waals surface area contributed by atoms with Gasteiger partial charge in [0.25, 0.3) is 0 Å². The third-order valence-corrected chi connectivity index (χ3v) is 7.05. The van der Waals surface area contributed by atoms with Gasteiger partial charge in [-0.2, -0.15) is 0 Å². The maximum absolute atomic E-state index is 14.3. The highest BCUT2D eigenvalue weighted by Gasteiger charge is 2.30. The summed E-state index contributed by atoms with van der Waals surface area (Å²) in [6, 6.07) is 8.75. The van der Waals surface area contributed by atoms with E-state index in [2.05, 4.69) is 37.0 Å². The molecule has 3 heterocycles. The molecular formula is C27H32FN7O. The number of halogens is 1. The molecule has 1 aliphatic heterocycles. The zero-order valence-electron chi connectivity index (χ0n) is 20.8. The number of oxime groups is 1. The summed E-state index contributed by atoms with van der Waals surface area (Å²) in [5, 5.41) is 4.58. The quantitative estimate of drug-likeness (QED) is 0.420. The molecule has 0 saturated carbocycles. The second kappa shape index (κ2) is 10.7. The lowest BCUT2D eigenvalue weighted by atomic mass is 9.78. The van der Waals surface area contributed by atoms with Gasteiger partial charge in [0.2, 0.25) is 5.95 Å². The van der Waals surface area contributed by atoms with Crippen molar-refractivity contribution in [2.24, 2.45) is 5.16 Å². The van der Waals surface area contributed by atoms with Crippen LogP contribution in [-0.2, 0) is 11.3 Å². The van der Waals surface area contributed by atoms with Crippen molar-refractivity contribution < 1.29 is 9.23 Å². The summed E-state index contributed by atoms with van der Waals surface area (Å²) in [6.45, 7) is 7.48. The summed E-state index contributed by atoms with van der Waals surface area (Å²) in [4.78, 5) is 23.7. The smallest absolute Gasteiger partial charge is 0.220 e. The van der Waals surface area contributed by atoms with Crippen molar-refractivity contribution in [3.8, 4) is 11.1 Å². The van der Waals surface area contributed by atoms with Crippen LogP contribution < -0.4 is 5.73 Å². The third-order valence-electron chi connectivity index (χ3n) is 7.05. The van der Waals surface area contributed by atoms with E-state index >= 15 is 0 Å². The molecule has 1 aromatic carbocycles. The maximum atomic E-state index is 14.3. The number of nitrogens with two attached hydrogens (primary N) is 1. The summed E-state index contributed by atoms with van der Waals surface area (Å²) in [7, 11) is 2.15. The topological polar surface area (TPSA) is 92.8 Å². The summed E-state index contributed by atoms with van der Waals surface area (Å²) in [6.07, 6.45) is 4.76. The van der Waals surface area contributed by atoms with Crippen LogP contribution in [0.15, 0.2) is 47.9 Å². The molecule has 1 unspecified atom stereocenters. The van der Waals surface area contributed by atoms with E-state index in [1.54, 1.807) is 18.5 Å². The molecule has 36 heavy (non-hydrogen) atoms. The Bertz CT molecular complexity index is 1240. The number of anilines is 1. The normalized spacial score (nSPS) is 19.9. The average Bonchev–Trinajstić information content (AvgIpc) is 2.87. The average molecular weight is 490 g/mol. The predicted octanol–water partition coefficient (Wildman–Crippen LogP) is 3.27. The minimum absolute atomic E-state index is 0.0296. The van der Waals surface area contributed by atoms with Crippen molar-refractivity contribution in [2.75, 3.05) is 52.1 Å². The van der Waals surface area contributed by atoms with Crippen LogP contribution in [0, 0.1) is 12.7 Å². The molecule has 1 saturated heterocycles. The van der Waals surface area contributed by atoms with Gasteiger partial charge >= 0.3 is 0 Å². The number of likely N-dealkylation sites (N-methyl/N-ethyl adjacent to an activating group) is 1. The van der Waals surface area contributed by atoms with Crippen LogP contribution in [0.3, 0.4) is 0 Å². The first-order valence-corrected chi connectivity index (χ1v) is 12.4. The number of nitrogen functional groups attached to an aromatic ring is 1. The Morgan fingerprint density at radius 3 is 2.75 bits per heavy atom. The van der Waals surface area contributed by atoms with Crippen LogP contribution in [0.1, 0.15) is 34.9 Å². The molecule has 3 aromatic rings. The fourth-order valence-electron chi connectivity index (χ4n) is 5.14. The van der Waals surface area contributed by atoms with Gasteiger partial charge in [-0.1, -0.05) is 17.3 Å². The molecule has 1 fully saturated rings. The number of piperazine rings is 1. The van der Waals surface area contributed by atoms with Crippen molar-refractivity contribution in [2.45, 2.75) is 25.7 Å². The Morgan fingerprint density at radius 2 is 1.97 bits per heavy atom. The minimum atomic E-state index is -0.280. The SMILES string of the molecule is Cc1nc(N)nc2c1/C(=N/OCCN1CCN(C)CC1)CC(c1ccc(F)cc1-c1cccnc1)C2. The number of fused-ring (bicyclic) bond motifs is 1. The van der Waals surface area contributed by atoms with E-state index in [1.165, 1.54) is 6.07 Å². The Kier molecular flexibility index (Phi) is 7.20. The van der Waals surface area contributed by atoms with Gasteiger partial charge in [-0.3, -0.25) is 9.88 Å². The van der Waals surface area contributed by atoms with Gasteiger partial charge in [0.05, 0.1) is 17.1 Å². The molecule has 5 rings (SSSR count). The van der Waals surface area contributed by atoms with Gasteiger partial charge in [0.15, 0.2) is 0 Å². The lowest BCUT2D eigenvalue weighted by Gasteiger charge is -2.32. The second-order valence-electron chi connectivity index (χ2n) is 9.58. The van der Waals surface area contributed by atoms with E-state index < -0.39 is 0 Å². The Balaban J connectivity index is 1.42. The fourth-order valence-corrected chi connectivity index (χ4v) is 5.14. The first-order valence-electron chi connectivity index (χ1n) is 12.4. The van der Waals surface area contributed by atoms with Crippen LogP contribution in [0.2, 0.25) is 0 Å². The number of rotatable bonds is 6. The molecule has 1 aliphatic carbocycles. The van der Waals surface area contributed by atoms with Crippen LogP contribution in [-0.4, -0.2) is 76.8 Å². The maximum Gasteiger partial charge on any atom is 0.220 e. The summed E-state index contributed by atoms with van der Waals surface area (Å²) in [5.74, 6) is -0.00633. The highest BCUT2D eigenvalue weighted by atomic mass is 19.1. The van der Waals surface area contributed by atoms with E-state index in [0.29, 0.717) is 19.4 Å². The summed E-state index contributed by atoms with van der Waals surface area (Å²) in [5.41, 5.74) is 12.1. The third kappa shape index (κ3) is 5.37. The van der Waals surface area contributed by atoms with Crippen LogP contribution in [0.5, 0.6) is 0 Å². The molecule has 9 heteroatoms. The summed E-state index contributed by atoms with van der Waals surface area (Å²) >= 11 is 0. The van der Waals surface area contributed by atoms with Crippen molar-refractivity contribution in [1.29, 1.82) is 0 Å². The predicted molar refractivity (Wildman–Crippen MR) is 138 cm³/mol. The Labute approximate surface area is 211 Å². The first-order chi connectivity index (χ1) is 17.5. The van der Waals surface area contributed by atoms with E-state index in [1.807, 2.05) is 25.1 Å². The number of benzene rings is 1. The molecule has 0 spiro atoms. The zero-order valence-corrected chi connectivity index (χ0v) is 20.8. The largest absolute Gasteiger partial charge is 0.394 e. The standard InChI is InChI=1S/C27H32FN7O/c1-18-26-24(32-27(29)31-18)14-20(15-25(26)33-36-13-12-35-10-8-34(2)9-11-35)22-6-5-21(28)16-23(22)19-4-3-7-30-17-19/h3-7,16-17,20H,8-15H2,1-2H3,(H2,29,31,32)/b33-25+. The molecule has 0 bridgehead atoms. The zero-order chi connectivity index (χ0) is 25.1. The van der Waals surface area contributed by atoms with Crippen molar-refractivity contribution in [3.05, 3.63) is 71.1 Å². The summed E-state index contributed by atoms with van der Waals surface area (Å²) < 4.78 is 14.3. The lowest BCUT2D eigenvalue weighted by Crippen LogP contribution is -2.45. The second-order valence-corrected chi connectivity index (χ2v) is 9.58. The molecule has 1 atom stereocenters. The molecule has 2 aromatic heterocycles. The first kappa shape index (κ1) is 24.3. The fraction of sp³-hybridized carbons (Fsp3) is 0.407. The number of hydrogen-bond donors (Lipinski definition) is 1. The molecule has 188 valence electrons. The van der Waals surface area contributed by atoms with Crippen LogP contribution >= 0.6 is 0 Å². The minimum Gasteiger partial charge on any atom is -0.394 e.